The first-order valence-corrected chi connectivity index (χ1v) is 10.1. The molecule has 30 heavy (non-hydrogen) atoms. The molecule has 3 amide bonds. The van der Waals surface area contributed by atoms with Crippen LogP contribution in [0.4, 0.5) is 4.79 Å². The summed E-state index contributed by atoms with van der Waals surface area (Å²) in [5.74, 6) is 0.0885. The number of H-pyrrole nitrogens is 1. The van der Waals surface area contributed by atoms with Crippen molar-refractivity contribution in [1.82, 2.24) is 20.2 Å². The number of fused-ring (bicyclic) bond motifs is 1. The summed E-state index contributed by atoms with van der Waals surface area (Å²) in [4.78, 5) is 33.8. The Morgan fingerprint density at radius 2 is 1.80 bits per heavy atom. The molecule has 0 aliphatic carbocycles. The number of carbonyl (C=O) groups is 2. The molecule has 4 aromatic rings. The van der Waals surface area contributed by atoms with Gasteiger partial charge in [-0.05, 0) is 41.6 Å². The number of aromatic amines is 1. The number of hydrogen-bond donors (Lipinski definition) is 2. The number of para-hydroxylation sites is 2. The van der Waals surface area contributed by atoms with Crippen molar-refractivity contribution >= 4 is 40.8 Å². The third-order valence-electron chi connectivity index (χ3n) is 4.60. The molecule has 1 aliphatic rings. The number of rotatable bonds is 5. The van der Waals surface area contributed by atoms with Crippen LogP contribution in [0.25, 0.3) is 17.1 Å². The maximum Gasteiger partial charge on any atom is 0.329 e. The summed E-state index contributed by atoms with van der Waals surface area (Å²) in [6.45, 7) is 0.216. The fourth-order valence-corrected chi connectivity index (χ4v) is 3.93. The molecule has 0 spiro atoms. The van der Waals surface area contributed by atoms with E-state index in [1.54, 1.807) is 12.1 Å². The highest BCUT2D eigenvalue weighted by molar-refractivity contribution is 7.99. The summed E-state index contributed by atoms with van der Waals surface area (Å²) in [7, 11) is 0. The molecule has 2 aromatic heterocycles. The SMILES string of the molecule is O=C1N/C(=C/c2ccc(Sc3nc4ccccc4[nH]3)o2)C(=O)N1Cc1ccccc1. The Bertz CT molecular complexity index is 1240. The lowest BCUT2D eigenvalue weighted by atomic mass is 10.2. The molecule has 0 unspecified atom stereocenters. The number of urea groups is 1. The molecule has 148 valence electrons. The molecule has 1 fully saturated rings. The van der Waals surface area contributed by atoms with Crippen LogP contribution in [0.15, 0.2) is 87.1 Å². The number of aromatic nitrogens is 2. The smallest absolute Gasteiger partial charge is 0.329 e. The number of carbonyl (C=O) groups excluding carboxylic acids is 2. The predicted octanol–water partition coefficient (Wildman–Crippen LogP) is 4.40. The van der Waals surface area contributed by atoms with Gasteiger partial charge in [-0.1, -0.05) is 42.5 Å². The number of amides is 3. The molecule has 0 saturated carbocycles. The summed E-state index contributed by atoms with van der Waals surface area (Å²) in [5.41, 5.74) is 2.90. The number of imide groups is 1. The van der Waals surface area contributed by atoms with E-state index in [0.717, 1.165) is 16.6 Å². The van der Waals surface area contributed by atoms with Gasteiger partial charge in [-0.25, -0.2) is 9.78 Å². The first-order valence-electron chi connectivity index (χ1n) is 9.27. The Balaban J connectivity index is 1.31. The first kappa shape index (κ1) is 18.3. The van der Waals surface area contributed by atoms with Gasteiger partial charge in [-0.15, -0.1) is 0 Å². The van der Waals surface area contributed by atoms with Crippen molar-refractivity contribution in [2.24, 2.45) is 0 Å². The monoisotopic (exact) mass is 416 g/mol. The van der Waals surface area contributed by atoms with Gasteiger partial charge >= 0.3 is 6.03 Å². The summed E-state index contributed by atoms with van der Waals surface area (Å²) in [6, 6.07) is 20.2. The van der Waals surface area contributed by atoms with Crippen LogP contribution in [-0.2, 0) is 11.3 Å². The molecule has 0 radical (unpaired) electrons. The van der Waals surface area contributed by atoms with Crippen molar-refractivity contribution in [3.63, 3.8) is 0 Å². The Morgan fingerprint density at radius 3 is 2.63 bits per heavy atom. The van der Waals surface area contributed by atoms with Crippen LogP contribution in [0.1, 0.15) is 11.3 Å². The van der Waals surface area contributed by atoms with Crippen molar-refractivity contribution in [2.45, 2.75) is 16.8 Å². The third-order valence-corrected chi connectivity index (χ3v) is 5.41. The van der Waals surface area contributed by atoms with Crippen LogP contribution >= 0.6 is 11.8 Å². The largest absolute Gasteiger partial charge is 0.450 e. The van der Waals surface area contributed by atoms with Gasteiger partial charge in [0.1, 0.15) is 11.5 Å². The van der Waals surface area contributed by atoms with Crippen LogP contribution in [-0.4, -0.2) is 26.8 Å². The minimum absolute atomic E-state index is 0.186. The van der Waals surface area contributed by atoms with Gasteiger partial charge in [0.15, 0.2) is 10.2 Å². The van der Waals surface area contributed by atoms with Gasteiger partial charge in [-0.2, -0.15) is 0 Å². The van der Waals surface area contributed by atoms with Crippen molar-refractivity contribution < 1.29 is 14.0 Å². The second-order valence-electron chi connectivity index (χ2n) is 6.68. The fourth-order valence-electron chi connectivity index (χ4n) is 3.16. The molecule has 1 saturated heterocycles. The summed E-state index contributed by atoms with van der Waals surface area (Å²) in [5, 5.41) is 3.95. The zero-order chi connectivity index (χ0) is 20.5. The Morgan fingerprint density at radius 1 is 1.00 bits per heavy atom. The van der Waals surface area contributed by atoms with Gasteiger partial charge in [0, 0.05) is 6.08 Å². The highest BCUT2D eigenvalue weighted by Crippen LogP contribution is 2.29. The van der Waals surface area contributed by atoms with Crippen LogP contribution in [0.2, 0.25) is 0 Å². The average molecular weight is 416 g/mol. The number of imidazole rings is 1. The highest BCUT2D eigenvalue weighted by atomic mass is 32.2. The number of benzene rings is 2. The number of nitrogens with one attached hydrogen (secondary N) is 2. The lowest BCUT2D eigenvalue weighted by Gasteiger charge is -2.11. The van der Waals surface area contributed by atoms with Crippen LogP contribution in [0.3, 0.4) is 0 Å². The van der Waals surface area contributed by atoms with E-state index in [-0.39, 0.29) is 18.1 Å². The topological polar surface area (TPSA) is 91.2 Å². The minimum Gasteiger partial charge on any atom is -0.450 e. The molecule has 5 rings (SSSR count). The van der Waals surface area contributed by atoms with E-state index in [1.165, 1.54) is 22.7 Å². The molecular formula is C22H16N4O3S. The molecule has 7 nitrogen and oxygen atoms in total. The third kappa shape index (κ3) is 3.60. The highest BCUT2D eigenvalue weighted by Gasteiger charge is 2.33. The van der Waals surface area contributed by atoms with E-state index in [2.05, 4.69) is 15.3 Å². The van der Waals surface area contributed by atoms with E-state index in [4.69, 9.17) is 4.42 Å². The Labute approximate surface area is 175 Å². The zero-order valence-corrected chi connectivity index (χ0v) is 16.5. The number of furan rings is 1. The predicted molar refractivity (Wildman–Crippen MR) is 112 cm³/mol. The quantitative estimate of drug-likeness (QED) is 0.372. The fraction of sp³-hybridized carbons (Fsp3) is 0.0455. The van der Waals surface area contributed by atoms with Gasteiger partial charge < -0.3 is 14.7 Å². The van der Waals surface area contributed by atoms with Gasteiger partial charge in [0.05, 0.1) is 17.6 Å². The maximum absolute atomic E-state index is 12.6. The van der Waals surface area contributed by atoms with Crippen molar-refractivity contribution in [2.75, 3.05) is 0 Å². The lowest BCUT2D eigenvalue weighted by molar-refractivity contribution is -0.123. The van der Waals surface area contributed by atoms with E-state index < -0.39 is 6.03 Å². The summed E-state index contributed by atoms with van der Waals surface area (Å²) < 4.78 is 5.79. The Hall–Kier alpha value is -3.78. The molecule has 8 heteroatoms. The molecular weight excluding hydrogens is 400 g/mol. The van der Waals surface area contributed by atoms with Crippen molar-refractivity contribution in [1.29, 1.82) is 0 Å². The second kappa shape index (κ2) is 7.57. The lowest BCUT2D eigenvalue weighted by Crippen LogP contribution is -2.30. The molecule has 3 heterocycles. The van der Waals surface area contributed by atoms with E-state index >= 15 is 0 Å². The van der Waals surface area contributed by atoms with E-state index in [1.807, 2.05) is 54.6 Å². The first-order chi connectivity index (χ1) is 14.7. The van der Waals surface area contributed by atoms with Crippen LogP contribution in [0, 0.1) is 0 Å². The van der Waals surface area contributed by atoms with E-state index in [0.29, 0.717) is 16.0 Å². The van der Waals surface area contributed by atoms with Crippen molar-refractivity contribution in [3.05, 3.63) is 83.8 Å². The van der Waals surface area contributed by atoms with Gasteiger partial charge in [0.25, 0.3) is 5.91 Å². The molecule has 0 bridgehead atoms. The zero-order valence-electron chi connectivity index (χ0n) is 15.7. The van der Waals surface area contributed by atoms with Crippen LogP contribution in [0.5, 0.6) is 0 Å². The summed E-state index contributed by atoms with van der Waals surface area (Å²) in [6.07, 6.45) is 1.54. The normalized spacial score (nSPS) is 15.3. The molecule has 2 N–H and O–H groups in total. The summed E-state index contributed by atoms with van der Waals surface area (Å²) >= 11 is 1.35. The second-order valence-corrected chi connectivity index (χ2v) is 7.68. The Kier molecular flexibility index (Phi) is 4.61. The van der Waals surface area contributed by atoms with Gasteiger partial charge in [0.2, 0.25) is 0 Å². The van der Waals surface area contributed by atoms with Gasteiger partial charge in [-0.3, -0.25) is 9.69 Å². The number of hydrogen-bond acceptors (Lipinski definition) is 5. The number of nitrogens with zero attached hydrogens (tertiary/aromatic N) is 2. The maximum atomic E-state index is 12.6. The molecule has 2 aromatic carbocycles. The molecule has 0 atom stereocenters. The van der Waals surface area contributed by atoms with Crippen LogP contribution < -0.4 is 5.32 Å². The standard InChI is InChI=1S/C22H16N4O3S/c27-20-18(25-22(28)26(20)13-14-6-2-1-3-7-14)12-15-10-11-19(29-15)30-21-23-16-8-4-5-9-17(16)24-21/h1-12H,13H2,(H,23,24)(H,25,28)/b18-12+. The molecule has 1 aliphatic heterocycles. The van der Waals surface area contributed by atoms with E-state index in [9.17, 15) is 9.59 Å². The van der Waals surface area contributed by atoms with Crippen molar-refractivity contribution in [3.8, 4) is 0 Å². The average Bonchev–Trinajstić information content (AvgIpc) is 3.43. The minimum atomic E-state index is -0.446.